The summed E-state index contributed by atoms with van der Waals surface area (Å²) in [4.78, 5) is 20.7. The van der Waals surface area contributed by atoms with Gasteiger partial charge in [-0.15, -0.1) is 0 Å². The van der Waals surface area contributed by atoms with Crippen LogP contribution in [0.2, 0.25) is 0 Å². The first-order chi connectivity index (χ1) is 12.2. The topological polar surface area (TPSA) is 72.2 Å². The van der Waals surface area contributed by atoms with Crippen molar-refractivity contribution in [3.8, 4) is 11.3 Å². The van der Waals surface area contributed by atoms with Gasteiger partial charge >= 0.3 is 0 Å². The number of rotatable bonds is 3. The first-order valence-corrected chi connectivity index (χ1v) is 7.54. The van der Waals surface area contributed by atoms with Gasteiger partial charge in [0.15, 0.2) is 11.3 Å². The summed E-state index contributed by atoms with van der Waals surface area (Å²) in [6.07, 6.45) is 3.00. The van der Waals surface area contributed by atoms with E-state index in [1.165, 1.54) is 16.8 Å². The van der Waals surface area contributed by atoms with Crippen LogP contribution >= 0.6 is 0 Å². The van der Waals surface area contributed by atoms with Gasteiger partial charge in [0.1, 0.15) is 11.6 Å². The maximum atomic E-state index is 14.0. The van der Waals surface area contributed by atoms with Crippen molar-refractivity contribution in [2.75, 3.05) is 5.32 Å². The second kappa shape index (κ2) is 6.12. The molecular weight excluding hydrogens is 321 g/mol. The molecule has 25 heavy (non-hydrogen) atoms. The van der Waals surface area contributed by atoms with Crippen molar-refractivity contribution in [2.45, 2.75) is 0 Å². The first kappa shape index (κ1) is 14.9. The summed E-state index contributed by atoms with van der Waals surface area (Å²) >= 11 is 0. The number of benzene rings is 1. The summed E-state index contributed by atoms with van der Waals surface area (Å²) in [6.45, 7) is 0. The Balaban J connectivity index is 1.74. The Hall–Kier alpha value is -3.61. The van der Waals surface area contributed by atoms with E-state index in [9.17, 15) is 9.18 Å². The van der Waals surface area contributed by atoms with Gasteiger partial charge in [-0.3, -0.25) is 4.79 Å². The third-order valence-corrected chi connectivity index (χ3v) is 3.65. The van der Waals surface area contributed by atoms with Gasteiger partial charge in [-0.1, -0.05) is 18.2 Å². The normalized spacial score (nSPS) is 10.8. The van der Waals surface area contributed by atoms with Gasteiger partial charge in [0, 0.05) is 11.8 Å². The Morgan fingerprint density at radius 3 is 2.64 bits per heavy atom. The molecule has 0 aliphatic heterocycles. The van der Waals surface area contributed by atoms with Crippen molar-refractivity contribution in [3.05, 3.63) is 78.5 Å². The minimum Gasteiger partial charge on any atom is -0.305 e. The van der Waals surface area contributed by atoms with E-state index < -0.39 is 5.91 Å². The maximum Gasteiger partial charge on any atom is 0.277 e. The van der Waals surface area contributed by atoms with Gasteiger partial charge in [0.2, 0.25) is 0 Å². The molecule has 0 fully saturated rings. The molecule has 4 aromatic rings. The lowest BCUT2D eigenvalue weighted by Crippen LogP contribution is -2.16. The maximum absolute atomic E-state index is 14.0. The molecule has 0 atom stereocenters. The van der Waals surface area contributed by atoms with Crippen LogP contribution in [0.4, 0.5) is 10.2 Å². The lowest BCUT2D eigenvalue weighted by Gasteiger charge is -2.06. The molecule has 3 heterocycles. The minimum atomic E-state index is -0.399. The van der Waals surface area contributed by atoms with Crippen LogP contribution in [-0.2, 0) is 0 Å². The minimum absolute atomic E-state index is 0.235. The number of imidazole rings is 1. The second-order valence-electron chi connectivity index (χ2n) is 5.28. The number of halogens is 1. The summed E-state index contributed by atoms with van der Waals surface area (Å²) < 4.78 is 15.4. The Morgan fingerprint density at radius 1 is 1.00 bits per heavy atom. The number of carbonyl (C=O) groups is 1. The number of hydrogen-bond donors (Lipinski definition) is 1. The zero-order chi connectivity index (χ0) is 17.2. The number of fused-ring (bicyclic) bond motifs is 1. The molecule has 6 nitrogen and oxygen atoms in total. The smallest absolute Gasteiger partial charge is 0.277 e. The zero-order valence-corrected chi connectivity index (χ0v) is 12.9. The molecule has 0 radical (unpaired) electrons. The number of amides is 1. The Kier molecular flexibility index (Phi) is 3.66. The number of pyridine rings is 1. The van der Waals surface area contributed by atoms with Crippen LogP contribution in [0, 0.1) is 5.82 Å². The monoisotopic (exact) mass is 333 g/mol. The standard InChI is InChI=1S/C18H12FN5O/c19-13-6-2-1-5-12(13)14-8-9-17-21-11-15(24(17)23-14)18(25)22-16-7-3-4-10-20-16/h1-11H,(H,20,22,25). The van der Waals surface area contributed by atoms with Crippen molar-refractivity contribution in [2.24, 2.45) is 0 Å². The summed E-state index contributed by atoms with van der Waals surface area (Å²) in [5.74, 6) is -0.356. The highest BCUT2D eigenvalue weighted by molar-refractivity contribution is 6.02. The Bertz CT molecular complexity index is 1060. The van der Waals surface area contributed by atoms with E-state index in [-0.39, 0.29) is 11.5 Å². The van der Waals surface area contributed by atoms with Gasteiger partial charge in [-0.2, -0.15) is 5.10 Å². The lowest BCUT2D eigenvalue weighted by molar-refractivity contribution is 0.102. The van der Waals surface area contributed by atoms with Gasteiger partial charge in [0.05, 0.1) is 11.9 Å². The number of nitrogens with one attached hydrogen (secondary N) is 1. The van der Waals surface area contributed by atoms with Crippen LogP contribution in [0.25, 0.3) is 16.9 Å². The van der Waals surface area contributed by atoms with Crippen LogP contribution in [0.3, 0.4) is 0 Å². The van der Waals surface area contributed by atoms with Crippen molar-refractivity contribution in [1.82, 2.24) is 19.6 Å². The van der Waals surface area contributed by atoms with E-state index >= 15 is 0 Å². The predicted octanol–water partition coefficient (Wildman–Crippen LogP) is 3.18. The fourth-order valence-electron chi connectivity index (χ4n) is 2.46. The van der Waals surface area contributed by atoms with Crippen molar-refractivity contribution >= 4 is 17.4 Å². The van der Waals surface area contributed by atoms with E-state index in [4.69, 9.17) is 0 Å². The molecule has 7 heteroatoms. The van der Waals surface area contributed by atoms with Crippen LogP contribution in [0.1, 0.15) is 10.5 Å². The van der Waals surface area contributed by atoms with E-state index in [0.717, 1.165) is 0 Å². The van der Waals surface area contributed by atoms with Crippen molar-refractivity contribution in [3.63, 3.8) is 0 Å². The summed E-state index contributed by atoms with van der Waals surface area (Å²) in [5, 5.41) is 7.04. The number of anilines is 1. The van der Waals surface area contributed by atoms with Crippen molar-refractivity contribution < 1.29 is 9.18 Å². The molecule has 0 spiro atoms. The number of carbonyl (C=O) groups excluding carboxylic acids is 1. The number of aromatic nitrogens is 4. The first-order valence-electron chi connectivity index (χ1n) is 7.54. The SMILES string of the molecule is O=C(Nc1ccccn1)c1cnc2ccc(-c3ccccc3F)nn12. The number of hydrogen-bond acceptors (Lipinski definition) is 4. The second-order valence-corrected chi connectivity index (χ2v) is 5.28. The highest BCUT2D eigenvalue weighted by Crippen LogP contribution is 2.21. The number of nitrogens with zero attached hydrogens (tertiary/aromatic N) is 4. The van der Waals surface area contributed by atoms with Gasteiger partial charge < -0.3 is 5.32 Å². The third kappa shape index (κ3) is 2.83. The molecule has 1 amide bonds. The van der Waals surface area contributed by atoms with Gasteiger partial charge in [-0.05, 0) is 36.4 Å². The van der Waals surface area contributed by atoms with Crippen LogP contribution in [0.5, 0.6) is 0 Å². The Labute approximate surface area is 142 Å². The third-order valence-electron chi connectivity index (χ3n) is 3.65. The molecular formula is C18H12FN5O. The summed E-state index contributed by atoms with van der Waals surface area (Å²) in [7, 11) is 0. The molecule has 0 saturated heterocycles. The van der Waals surface area contributed by atoms with E-state index in [1.54, 1.807) is 54.7 Å². The average Bonchev–Trinajstić information content (AvgIpc) is 3.06. The highest BCUT2D eigenvalue weighted by Gasteiger charge is 2.15. The Morgan fingerprint density at radius 2 is 1.84 bits per heavy atom. The van der Waals surface area contributed by atoms with E-state index in [2.05, 4.69) is 20.4 Å². The molecule has 0 unspecified atom stereocenters. The lowest BCUT2D eigenvalue weighted by atomic mass is 10.1. The molecule has 3 aromatic heterocycles. The molecule has 122 valence electrons. The molecule has 0 aliphatic carbocycles. The largest absolute Gasteiger partial charge is 0.305 e. The molecule has 0 saturated carbocycles. The van der Waals surface area contributed by atoms with Gasteiger partial charge in [-0.25, -0.2) is 18.9 Å². The average molecular weight is 333 g/mol. The van der Waals surface area contributed by atoms with E-state index in [0.29, 0.717) is 22.7 Å². The van der Waals surface area contributed by atoms with Crippen LogP contribution in [0.15, 0.2) is 67.0 Å². The fourth-order valence-corrected chi connectivity index (χ4v) is 2.46. The molecule has 0 aliphatic rings. The quantitative estimate of drug-likeness (QED) is 0.625. The van der Waals surface area contributed by atoms with Crippen LogP contribution < -0.4 is 5.32 Å². The predicted molar refractivity (Wildman–Crippen MR) is 90.6 cm³/mol. The van der Waals surface area contributed by atoms with Gasteiger partial charge in [0.25, 0.3) is 5.91 Å². The van der Waals surface area contributed by atoms with Crippen molar-refractivity contribution in [1.29, 1.82) is 0 Å². The highest BCUT2D eigenvalue weighted by atomic mass is 19.1. The molecule has 1 N–H and O–H groups in total. The van der Waals surface area contributed by atoms with Crippen LogP contribution in [-0.4, -0.2) is 25.5 Å². The molecule has 0 bridgehead atoms. The summed E-state index contributed by atoms with van der Waals surface area (Å²) in [5.41, 5.74) is 1.50. The summed E-state index contributed by atoms with van der Waals surface area (Å²) in [6, 6.07) is 14.9. The molecule has 4 rings (SSSR count). The zero-order valence-electron chi connectivity index (χ0n) is 12.9. The van der Waals surface area contributed by atoms with E-state index in [1.807, 2.05) is 0 Å². The molecule has 1 aromatic carbocycles. The fraction of sp³-hybridized carbons (Fsp3) is 0.